The predicted octanol–water partition coefficient (Wildman–Crippen LogP) is 2.05. The van der Waals surface area contributed by atoms with Gasteiger partial charge in [0.1, 0.15) is 11.6 Å². The van der Waals surface area contributed by atoms with Crippen LogP contribution in [0.15, 0.2) is 29.1 Å². The zero-order chi connectivity index (χ0) is 21.0. The third kappa shape index (κ3) is 4.77. The van der Waals surface area contributed by atoms with Gasteiger partial charge in [-0.1, -0.05) is 18.3 Å². The number of nitrogens with zero attached hydrogens (tertiary/aromatic N) is 3. The first-order chi connectivity index (χ1) is 13.9. The molecule has 1 aromatic carbocycles. The molecule has 3 rings (SSSR count). The molecule has 0 bridgehead atoms. The summed E-state index contributed by atoms with van der Waals surface area (Å²) < 4.78 is 17.0. The van der Waals surface area contributed by atoms with Gasteiger partial charge >= 0.3 is 5.97 Å². The number of esters is 1. The van der Waals surface area contributed by atoms with Gasteiger partial charge in [0, 0.05) is 11.6 Å². The minimum Gasteiger partial charge on any atom is -0.493 e. The summed E-state index contributed by atoms with van der Waals surface area (Å²) in [6.07, 6.45) is 0.700. The van der Waals surface area contributed by atoms with E-state index in [1.165, 1.54) is 42.0 Å². The van der Waals surface area contributed by atoms with Crippen LogP contribution in [0.5, 0.6) is 11.5 Å². The second kappa shape index (κ2) is 8.82. The van der Waals surface area contributed by atoms with Gasteiger partial charge in [-0.3, -0.25) is 9.59 Å². The molecule has 0 unspecified atom stereocenters. The van der Waals surface area contributed by atoms with Crippen LogP contribution in [0.1, 0.15) is 34.9 Å². The van der Waals surface area contributed by atoms with Gasteiger partial charge in [-0.05, 0) is 31.5 Å². The molecule has 0 N–H and O–H groups in total. The Morgan fingerprint density at radius 1 is 1.21 bits per heavy atom. The standard InChI is InChI=1S/C19H19N3O6S/c1-4-16-21-22-17(24)8-13(20-19(22)29-16)9-28-18(25)10-27-14-6-5-12(11(2)23)7-15(14)26-3/h5-8H,4,9-10H2,1-3H3. The lowest BCUT2D eigenvalue weighted by atomic mass is 10.1. The van der Waals surface area contributed by atoms with Crippen molar-refractivity contribution in [2.75, 3.05) is 13.7 Å². The maximum Gasteiger partial charge on any atom is 0.344 e. The number of hydrogen-bond acceptors (Lipinski definition) is 9. The SMILES string of the molecule is CCc1nn2c(=O)cc(COC(=O)COc3ccc(C(C)=O)cc3OC)nc2s1. The highest BCUT2D eigenvalue weighted by Gasteiger charge is 2.13. The number of aromatic nitrogens is 3. The number of ketones is 1. The van der Waals surface area contributed by atoms with Gasteiger partial charge in [-0.15, -0.1) is 0 Å². The van der Waals surface area contributed by atoms with E-state index >= 15 is 0 Å². The minimum absolute atomic E-state index is 0.110. The van der Waals surface area contributed by atoms with Crippen LogP contribution in [0.2, 0.25) is 0 Å². The third-order valence-corrected chi connectivity index (χ3v) is 4.99. The first-order valence-electron chi connectivity index (χ1n) is 8.77. The summed E-state index contributed by atoms with van der Waals surface area (Å²) in [6.45, 7) is 2.86. The van der Waals surface area contributed by atoms with E-state index < -0.39 is 5.97 Å². The smallest absolute Gasteiger partial charge is 0.344 e. The summed E-state index contributed by atoms with van der Waals surface area (Å²) in [5.74, 6) is -0.101. The van der Waals surface area contributed by atoms with Crippen LogP contribution in [-0.4, -0.2) is 40.1 Å². The number of hydrogen-bond donors (Lipinski definition) is 0. The topological polar surface area (TPSA) is 109 Å². The molecular formula is C19H19N3O6S. The molecule has 0 radical (unpaired) electrons. The molecule has 0 aliphatic rings. The summed E-state index contributed by atoms with van der Waals surface area (Å²) in [5, 5.41) is 4.96. The van der Waals surface area contributed by atoms with Gasteiger partial charge in [0.2, 0.25) is 4.96 Å². The Balaban J connectivity index is 1.61. The quantitative estimate of drug-likeness (QED) is 0.405. The van der Waals surface area contributed by atoms with Gasteiger partial charge in [-0.25, -0.2) is 9.78 Å². The number of fused-ring (bicyclic) bond motifs is 1. The van der Waals surface area contributed by atoms with E-state index in [1.54, 1.807) is 12.1 Å². The van der Waals surface area contributed by atoms with Crippen molar-refractivity contribution in [3.05, 3.63) is 50.9 Å². The largest absolute Gasteiger partial charge is 0.493 e. The van der Waals surface area contributed by atoms with E-state index in [2.05, 4.69) is 10.1 Å². The van der Waals surface area contributed by atoms with Crippen LogP contribution in [-0.2, 0) is 22.6 Å². The van der Waals surface area contributed by atoms with Crippen molar-refractivity contribution in [2.24, 2.45) is 0 Å². The Morgan fingerprint density at radius 2 is 2.00 bits per heavy atom. The highest BCUT2D eigenvalue weighted by molar-refractivity contribution is 7.16. The molecule has 9 nitrogen and oxygen atoms in total. The zero-order valence-corrected chi connectivity index (χ0v) is 16.9. The van der Waals surface area contributed by atoms with Crippen molar-refractivity contribution < 1.29 is 23.8 Å². The maximum absolute atomic E-state index is 12.1. The molecule has 0 saturated carbocycles. The van der Waals surface area contributed by atoms with E-state index in [4.69, 9.17) is 14.2 Å². The Kier molecular flexibility index (Phi) is 6.23. The van der Waals surface area contributed by atoms with Crippen LogP contribution in [0.25, 0.3) is 4.96 Å². The summed E-state index contributed by atoms with van der Waals surface area (Å²) in [7, 11) is 1.44. The van der Waals surface area contributed by atoms with Crippen molar-refractivity contribution in [3.8, 4) is 11.5 Å². The molecular weight excluding hydrogens is 398 g/mol. The molecule has 0 fully saturated rings. The van der Waals surface area contributed by atoms with Crippen molar-refractivity contribution in [1.29, 1.82) is 0 Å². The normalized spacial score (nSPS) is 10.7. The molecule has 29 heavy (non-hydrogen) atoms. The van der Waals surface area contributed by atoms with Gasteiger partial charge in [0.15, 0.2) is 23.9 Å². The summed E-state index contributed by atoms with van der Waals surface area (Å²) >= 11 is 1.31. The molecule has 0 saturated heterocycles. The van der Waals surface area contributed by atoms with Crippen molar-refractivity contribution in [3.63, 3.8) is 0 Å². The summed E-state index contributed by atoms with van der Waals surface area (Å²) in [5.41, 5.74) is 0.473. The Bertz CT molecular complexity index is 1120. The molecule has 0 amide bonds. The van der Waals surface area contributed by atoms with Gasteiger partial charge in [0.05, 0.1) is 12.8 Å². The van der Waals surface area contributed by atoms with E-state index in [0.717, 1.165) is 5.01 Å². The second-order valence-electron chi connectivity index (χ2n) is 6.00. The van der Waals surface area contributed by atoms with Crippen molar-refractivity contribution in [2.45, 2.75) is 26.9 Å². The average Bonchev–Trinajstić information content (AvgIpc) is 3.14. The lowest BCUT2D eigenvalue weighted by Crippen LogP contribution is -2.18. The number of benzene rings is 1. The highest BCUT2D eigenvalue weighted by Crippen LogP contribution is 2.28. The van der Waals surface area contributed by atoms with Crippen LogP contribution in [0, 0.1) is 0 Å². The summed E-state index contributed by atoms with van der Waals surface area (Å²) in [6, 6.07) is 5.95. The number of methoxy groups -OCH3 is 1. The fraction of sp³-hybridized carbons (Fsp3) is 0.316. The van der Waals surface area contributed by atoms with Crippen molar-refractivity contribution in [1.82, 2.24) is 14.6 Å². The molecule has 0 aliphatic heterocycles. The van der Waals surface area contributed by atoms with Crippen LogP contribution < -0.4 is 15.0 Å². The lowest BCUT2D eigenvalue weighted by molar-refractivity contribution is -0.147. The molecule has 0 spiro atoms. The fourth-order valence-corrected chi connectivity index (χ4v) is 3.31. The predicted molar refractivity (Wildman–Crippen MR) is 105 cm³/mol. The molecule has 2 heterocycles. The van der Waals surface area contributed by atoms with Gasteiger partial charge in [-0.2, -0.15) is 9.61 Å². The maximum atomic E-state index is 12.1. The molecule has 152 valence electrons. The monoisotopic (exact) mass is 417 g/mol. The van der Waals surface area contributed by atoms with Gasteiger partial charge < -0.3 is 14.2 Å². The first kappa shape index (κ1) is 20.5. The number of rotatable bonds is 8. The lowest BCUT2D eigenvalue weighted by Gasteiger charge is -2.11. The molecule has 10 heteroatoms. The van der Waals surface area contributed by atoms with E-state index in [0.29, 0.717) is 34.1 Å². The van der Waals surface area contributed by atoms with E-state index in [-0.39, 0.29) is 24.6 Å². The average molecular weight is 417 g/mol. The highest BCUT2D eigenvalue weighted by atomic mass is 32.1. The number of ether oxygens (including phenoxy) is 3. The van der Waals surface area contributed by atoms with Crippen LogP contribution in [0.4, 0.5) is 0 Å². The van der Waals surface area contributed by atoms with Crippen LogP contribution >= 0.6 is 11.3 Å². The fourth-order valence-electron chi connectivity index (χ4n) is 2.45. The number of carbonyl (C=O) groups excluding carboxylic acids is 2. The Labute approximate surface area is 169 Å². The van der Waals surface area contributed by atoms with Crippen molar-refractivity contribution >= 4 is 28.1 Å². The minimum atomic E-state index is -0.636. The number of aryl methyl sites for hydroxylation is 1. The summed E-state index contributed by atoms with van der Waals surface area (Å²) in [4.78, 5) is 40.3. The molecule has 0 aliphatic carbocycles. The molecule has 0 atom stereocenters. The molecule has 3 aromatic rings. The molecule has 2 aromatic heterocycles. The number of Topliss-reactive ketones (excluding diaryl/α,β-unsaturated/α-hetero) is 1. The zero-order valence-electron chi connectivity index (χ0n) is 16.1. The number of carbonyl (C=O) groups is 2. The Hall–Kier alpha value is -3.27. The van der Waals surface area contributed by atoms with E-state index in [9.17, 15) is 14.4 Å². The Morgan fingerprint density at radius 3 is 2.69 bits per heavy atom. The third-order valence-electron chi connectivity index (χ3n) is 3.94. The van der Waals surface area contributed by atoms with Gasteiger partial charge in [0.25, 0.3) is 5.56 Å². The first-order valence-corrected chi connectivity index (χ1v) is 9.59. The van der Waals surface area contributed by atoms with Crippen LogP contribution in [0.3, 0.4) is 0 Å². The van der Waals surface area contributed by atoms with E-state index in [1.807, 2.05) is 6.92 Å². The second-order valence-corrected chi connectivity index (χ2v) is 7.04.